The van der Waals surface area contributed by atoms with Gasteiger partial charge >= 0.3 is 0 Å². The normalized spacial score (nSPS) is 15.7. The minimum absolute atomic E-state index is 0.223. The van der Waals surface area contributed by atoms with Gasteiger partial charge in [0.15, 0.2) is 5.13 Å². The predicted molar refractivity (Wildman–Crippen MR) is 107 cm³/mol. The molecule has 1 aliphatic rings. The third-order valence-corrected chi connectivity index (χ3v) is 7.45. The van der Waals surface area contributed by atoms with Crippen LogP contribution in [0.25, 0.3) is 10.2 Å². The lowest BCUT2D eigenvalue weighted by Gasteiger charge is -2.25. The number of sulfonamides is 1. The van der Waals surface area contributed by atoms with E-state index in [2.05, 4.69) is 10.3 Å². The average molecular weight is 402 g/mol. The Labute approximate surface area is 161 Å². The second kappa shape index (κ2) is 7.38. The molecule has 4 rings (SSSR count). The predicted octanol–water partition coefficient (Wildman–Crippen LogP) is 3.72. The molecule has 1 fully saturated rings. The summed E-state index contributed by atoms with van der Waals surface area (Å²) in [4.78, 5) is 17.1. The number of thiazole rings is 1. The van der Waals surface area contributed by atoms with Crippen LogP contribution in [0.1, 0.15) is 29.6 Å². The van der Waals surface area contributed by atoms with E-state index in [0.717, 1.165) is 29.5 Å². The highest BCUT2D eigenvalue weighted by molar-refractivity contribution is 7.89. The standard InChI is InChI=1S/C19H19N3O3S2/c23-18(21-19-20-16-6-2-3-7-17(16)26-19)14-8-10-15(11-9-14)27(24,25)22-12-4-1-5-13-22/h2-3,6-11H,1,4-5,12-13H2,(H,20,21,23). The first-order valence-electron chi connectivity index (χ1n) is 8.81. The van der Waals surface area contributed by atoms with Crippen molar-refractivity contribution in [3.63, 3.8) is 0 Å². The van der Waals surface area contributed by atoms with E-state index in [-0.39, 0.29) is 10.8 Å². The van der Waals surface area contributed by atoms with Gasteiger partial charge < -0.3 is 0 Å². The molecule has 2 aromatic carbocycles. The van der Waals surface area contributed by atoms with E-state index in [0.29, 0.717) is 23.8 Å². The van der Waals surface area contributed by atoms with E-state index >= 15 is 0 Å². The molecule has 1 N–H and O–H groups in total. The zero-order chi connectivity index (χ0) is 18.9. The van der Waals surface area contributed by atoms with Crippen molar-refractivity contribution in [2.75, 3.05) is 18.4 Å². The number of nitrogens with zero attached hydrogens (tertiary/aromatic N) is 2. The van der Waals surface area contributed by atoms with Crippen molar-refractivity contribution >= 4 is 42.6 Å². The highest BCUT2D eigenvalue weighted by Gasteiger charge is 2.26. The summed E-state index contributed by atoms with van der Waals surface area (Å²) in [6.45, 7) is 1.12. The van der Waals surface area contributed by atoms with Crippen LogP contribution in [-0.4, -0.2) is 36.7 Å². The van der Waals surface area contributed by atoms with E-state index in [1.165, 1.54) is 27.8 Å². The van der Waals surface area contributed by atoms with E-state index in [9.17, 15) is 13.2 Å². The minimum atomic E-state index is -3.49. The van der Waals surface area contributed by atoms with Crippen molar-refractivity contribution in [2.24, 2.45) is 0 Å². The lowest BCUT2D eigenvalue weighted by Crippen LogP contribution is -2.35. The van der Waals surface area contributed by atoms with Crippen LogP contribution < -0.4 is 5.32 Å². The number of fused-ring (bicyclic) bond motifs is 1. The Morgan fingerprint density at radius 3 is 2.41 bits per heavy atom. The molecule has 0 saturated carbocycles. The number of amides is 1. The molecule has 0 bridgehead atoms. The molecule has 2 heterocycles. The van der Waals surface area contributed by atoms with Gasteiger partial charge in [0.2, 0.25) is 10.0 Å². The Kier molecular flexibility index (Phi) is 4.94. The summed E-state index contributed by atoms with van der Waals surface area (Å²) in [6.07, 6.45) is 2.85. The lowest BCUT2D eigenvalue weighted by molar-refractivity contribution is 0.102. The van der Waals surface area contributed by atoms with Crippen LogP contribution in [0.3, 0.4) is 0 Å². The molecule has 0 aliphatic carbocycles. The SMILES string of the molecule is O=C(Nc1nc2ccccc2s1)c1ccc(S(=O)(=O)N2CCCCC2)cc1. The number of anilines is 1. The van der Waals surface area contributed by atoms with Gasteiger partial charge in [0.05, 0.1) is 15.1 Å². The van der Waals surface area contributed by atoms with Crippen LogP contribution in [0.2, 0.25) is 0 Å². The van der Waals surface area contributed by atoms with Gasteiger partial charge in [-0.3, -0.25) is 10.1 Å². The molecule has 0 atom stereocenters. The van der Waals surface area contributed by atoms with Crippen LogP contribution in [0.5, 0.6) is 0 Å². The number of piperidine rings is 1. The molecule has 0 unspecified atom stereocenters. The van der Waals surface area contributed by atoms with Gasteiger partial charge in [-0.05, 0) is 49.2 Å². The summed E-state index contributed by atoms with van der Waals surface area (Å²) < 4.78 is 27.9. The van der Waals surface area contributed by atoms with Crippen LogP contribution in [0.4, 0.5) is 5.13 Å². The number of carbonyl (C=O) groups excluding carboxylic acids is 1. The highest BCUT2D eigenvalue weighted by atomic mass is 32.2. The maximum Gasteiger partial charge on any atom is 0.257 e. The van der Waals surface area contributed by atoms with Crippen LogP contribution in [0.15, 0.2) is 53.4 Å². The van der Waals surface area contributed by atoms with Gasteiger partial charge in [-0.1, -0.05) is 29.9 Å². The van der Waals surface area contributed by atoms with Crippen LogP contribution >= 0.6 is 11.3 Å². The quantitative estimate of drug-likeness (QED) is 0.723. The molecule has 0 radical (unpaired) electrons. The van der Waals surface area contributed by atoms with Gasteiger partial charge in [-0.2, -0.15) is 4.31 Å². The number of benzene rings is 2. The van der Waals surface area contributed by atoms with Crippen molar-refractivity contribution < 1.29 is 13.2 Å². The van der Waals surface area contributed by atoms with Gasteiger partial charge in [0.25, 0.3) is 5.91 Å². The highest BCUT2D eigenvalue weighted by Crippen LogP contribution is 2.26. The molecule has 3 aromatic rings. The molecule has 6 nitrogen and oxygen atoms in total. The topological polar surface area (TPSA) is 79.4 Å². The Bertz CT molecular complexity index is 1040. The van der Waals surface area contributed by atoms with E-state index < -0.39 is 10.0 Å². The second-order valence-electron chi connectivity index (χ2n) is 6.43. The summed E-state index contributed by atoms with van der Waals surface area (Å²) in [5, 5.41) is 3.30. The van der Waals surface area contributed by atoms with E-state index in [4.69, 9.17) is 0 Å². The molecule has 1 aromatic heterocycles. The van der Waals surface area contributed by atoms with Gasteiger partial charge in [-0.15, -0.1) is 0 Å². The Morgan fingerprint density at radius 1 is 1.00 bits per heavy atom. The minimum Gasteiger partial charge on any atom is -0.298 e. The summed E-state index contributed by atoms with van der Waals surface area (Å²) in [5.74, 6) is -0.309. The van der Waals surface area contributed by atoms with Gasteiger partial charge in [-0.25, -0.2) is 13.4 Å². The van der Waals surface area contributed by atoms with Gasteiger partial charge in [0, 0.05) is 18.7 Å². The molecule has 8 heteroatoms. The number of hydrogen-bond acceptors (Lipinski definition) is 5. The zero-order valence-electron chi connectivity index (χ0n) is 14.6. The first-order chi connectivity index (χ1) is 13.0. The Morgan fingerprint density at radius 2 is 1.70 bits per heavy atom. The summed E-state index contributed by atoms with van der Waals surface area (Å²) >= 11 is 1.40. The summed E-state index contributed by atoms with van der Waals surface area (Å²) in [6, 6.07) is 13.7. The first-order valence-corrected chi connectivity index (χ1v) is 11.1. The van der Waals surface area contributed by atoms with Crippen molar-refractivity contribution in [3.05, 3.63) is 54.1 Å². The molecule has 27 heavy (non-hydrogen) atoms. The molecule has 1 aliphatic heterocycles. The molecular weight excluding hydrogens is 382 g/mol. The fraction of sp³-hybridized carbons (Fsp3) is 0.263. The van der Waals surface area contributed by atoms with Crippen molar-refractivity contribution in [3.8, 4) is 0 Å². The molecule has 1 saturated heterocycles. The second-order valence-corrected chi connectivity index (χ2v) is 9.40. The number of para-hydroxylation sites is 1. The smallest absolute Gasteiger partial charge is 0.257 e. The van der Waals surface area contributed by atoms with Crippen LogP contribution in [0, 0.1) is 0 Å². The molecule has 140 valence electrons. The first kappa shape index (κ1) is 18.1. The van der Waals surface area contributed by atoms with Crippen LogP contribution in [-0.2, 0) is 10.0 Å². The van der Waals surface area contributed by atoms with E-state index in [1.54, 1.807) is 12.1 Å². The lowest BCUT2D eigenvalue weighted by atomic mass is 10.2. The largest absolute Gasteiger partial charge is 0.298 e. The third-order valence-electron chi connectivity index (χ3n) is 4.58. The molecular formula is C19H19N3O3S2. The number of rotatable bonds is 4. The average Bonchev–Trinajstić information content (AvgIpc) is 3.11. The monoisotopic (exact) mass is 401 g/mol. The summed E-state index contributed by atoms with van der Waals surface area (Å²) in [7, 11) is -3.49. The van der Waals surface area contributed by atoms with Crippen molar-refractivity contribution in [1.29, 1.82) is 0 Å². The van der Waals surface area contributed by atoms with Crippen molar-refractivity contribution in [2.45, 2.75) is 24.2 Å². The van der Waals surface area contributed by atoms with E-state index in [1.807, 2.05) is 24.3 Å². The number of hydrogen-bond donors (Lipinski definition) is 1. The fourth-order valence-corrected chi connectivity index (χ4v) is 5.51. The Hall–Kier alpha value is -2.29. The number of carbonyl (C=O) groups is 1. The maximum atomic E-state index is 12.7. The van der Waals surface area contributed by atoms with Gasteiger partial charge in [0.1, 0.15) is 0 Å². The third kappa shape index (κ3) is 3.73. The fourth-order valence-electron chi connectivity index (χ4n) is 3.13. The number of nitrogens with one attached hydrogen (secondary N) is 1. The zero-order valence-corrected chi connectivity index (χ0v) is 16.2. The van der Waals surface area contributed by atoms with Crippen molar-refractivity contribution in [1.82, 2.24) is 9.29 Å². The molecule has 0 spiro atoms. The summed E-state index contributed by atoms with van der Waals surface area (Å²) in [5.41, 5.74) is 1.23. The maximum absolute atomic E-state index is 12.7. The molecule has 1 amide bonds. The Balaban J connectivity index is 1.50. The number of aromatic nitrogens is 1.